The molecular formula is C3H3B2N2. The number of hydrogen-bond acceptors (Lipinski definition) is 2. The molecule has 0 aliphatic carbocycles. The molecule has 0 saturated carbocycles. The predicted molar refractivity (Wildman–Crippen MR) is 29.1 cm³/mol. The molecule has 0 amide bonds. The zero-order chi connectivity index (χ0) is 4.24. The summed E-state index contributed by atoms with van der Waals surface area (Å²) in [4.78, 5) is 0. The molecule has 0 unspecified atom stereocenters. The van der Waals surface area contributed by atoms with Crippen molar-refractivity contribution in [2.45, 2.75) is 0 Å². The molecule has 0 saturated heterocycles. The third-order valence-electron chi connectivity index (χ3n) is 0.483. The average molecular weight is 88.7 g/mol. The first kappa shape index (κ1) is 6.34. The van der Waals surface area contributed by atoms with Gasteiger partial charge in [0.1, 0.15) is 0 Å². The van der Waals surface area contributed by atoms with E-state index in [1.54, 1.807) is 13.2 Å². The molecule has 31 valence electrons. The zero-order valence-corrected chi connectivity index (χ0v) is 3.78. The fourth-order valence-electron chi connectivity index (χ4n) is 0.253. The molecule has 4 heteroatoms. The standard InChI is InChI=1S/C3H3BN2.B/c1-2-4-6-5-3-1;/h1-3H;. The van der Waals surface area contributed by atoms with Crippen molar-refractivity contribution < 1.29 is 0 Å². The molecule has 0 aliphatic rings. The van der Waals surface area contributed by atoms with Gasteiger partial charge in [0.2, 0.25) is 0 Å². The molecular weight excluding hydrogens is 85.7 g/mol. The normalized spacial score (nSPS) is 6.29. The first-order valence-corrected chi connectivity index (χ1v) is 1.72. The van der Waals surface area contributed by atoms with Crippen molar-refractivity contribution in [2.75, 3.05) is 0 Å². The van der Waals surface area contributed by atoms with E-state index in [9.17, 15) is 0 Å². The fraction of sp³-hybridized carbons (Fsp3) is 0. The maximum atomic E-state index is 3.53. The number of nitrogens with zero attached hydrogens (tertiary/aromatic N) is 2. The Kier molecular flexibility index (Phi) is 3.19. The van der Waals surface area contributed by atoms with Crippen molar-refractivity contribution in [3.05, 3.63) is 18.2 Å². The molecule has 0 atom stereocenters. The molecule has 1 heterocycles. The van der Waals surface area contributed by atoms with Crippen LogP contribution in [-0.2, 0) is 0 Å². The summed E-state index contributed by atoms with van der Waals surface area (Å²) in [5, 5.41) is 7.07. The molecule has 1 rings (SSSR count). The fourth-order valence-corrected chi connectivity index (χ4v) is 0.253. The third kappa shape index (κ3) is 2.09. The van der Waals surface area contributed by atoms with Crippen molar-refractivity contribution in [3.63, 3.8) is 0 Å². The van der Waals surface area contributed by atoms with Crippen LogP contribution in [0.15, 0.2) is 18.2 Å². The van der Waals surface area contributed by atoms with Crippen LogP contribution in [0.1, 0.15) is 0 Å². The van der Waals surface area contributed by atoms with Crippen LogP contribution in [0.4, 0.5) is 0 Å². The van der Waals surface area contributed by atoms with E-state index in [-0.39, 0.29) is 8.41 Å². The minimum atomic E-state index is 0. The van der Waals surface area contributed by atoms with Crippen LogP contribution in [0.5, 0.6) is 0 Å². The van der Waals surface area contributed by atoms with Crippen molar-refractivity contribution in [2.24, 2.45) is 0 Å². The van der Waals surface area contributed by atoms with E-state index in [2.05, 4.69) is 10.1 Å². The van der Waals surface area contributed by atoms with Gasteiger partial charge in [-0.05, 0) is 0 Å². The van der Waals surface area contributed by atoms with Gasteiger partial charge in [0.15, 0.2) is 0 Å². The van der Waals surface area contributed by atoms with Gasteiger partial charge in [-0.25, -0.2) is 0 Å². The van der Waals surface area contributed by atoms with Gasteiger partial charge in [0.25, 0.3) is 0 Å². The van der Waals surface area contributed by atoms with E-state index in [1.807, 2.05) is 12.0 Å². The van der Waals surface area contributed by atoms with Crippen molar-refractivity contribution in [3.8, 4) is 0 Å². The summed E-state index contributed by atoms with van der Waals surface area (Å²) >= 11 is 0. The molecule has 2 nitrogen and oxygen atoms in total. The number of hydrogen-bond donors (Lipinski definition) is 0. The molecule has 3 radical (unpaired) electrons. The molecule has 0 spiro atoms. The Morgan fingerprint density at radius 3 is 2.43 bits per heavy atom. The monoisotopic (exact) mass is 89.0 g/mol. The second-order valence-corrected chi connectivity index (χ2v) is 0.914. The van der Waals surface area contributed by atoms with Gasteiger partial charge in [-0.1, -0.05) is 0 Å². The van der Waals surface area contributed by atoms with Crippen LogP contribution in [0.25, 0.3) is 0 Å². The van der Waals surface area contributed by atoms with Crippen LogP contribution in [-0.4, -0.2) is 25.6 Å². The van der Waals surface area contributed by atoms with Crippen LogP contribution in [0.2, 0.25) is 0 Å². The summed E-state index contributed by atoms with van der Waals surface area (Å²) in [6, 6.07) is 1.83. The van der Waals surface area contributed by atoms with Crippen molar-refractivity contribution in [1.82, 2.24) is 10.1 Å². The van der Waals surface area contributed by atoms with Gasteiger partial charge in [-0.3, -0.25) is 0 Å². The quantitative estimate of drug-likeness (QED) is 0.397. The van der Waals surface area contributed by atoms with Crippen molar-refractivity contribution >= 4 is 15.5 Å². The summed E-state index contributed by atoms with van der Waals surface area (Å²) in [6.45, 7) is 0. The topological polar surface area (TPSA) is 25.8 Å². The van der Waals surface area contributed by atoms with E-state index < -0.39 is 0 Å². The van der Waals surface area contributed by atoms with Gasteiger partial charge >= 0.3 is 35.4 Å². The molecule has 1 aromatic rings. The Balaban J connectivity index is 0.000000360. The zero-order valence-electron chi connectivity index (χ0n) is 3.78. The number of aromatic nitrogens is 2. The molecule has 7 heavy (non-hydrogen) atoms. The molecule has 1 aromatic heterocycles. The van der Waals surface area contributed by atoms with Gasteiger partial charge in [0.05, 0.1) is 0 Å². The second kappa shape index (κ2) is 3.53. The Hall–Kier alpha value is -0.660. The Bertz CT molecular complexity index is 82.9. The first-order chi connectivity index (χ1) is 3.00. The van der Waals surface area contributed by atoms with Crippen LogP contribution in [0, 0.1) is 0 Å². The van der Waals surface area contributed by atoms with E-state index >= 15 is 0 Å². The van der Waals surface area contributed by atoms with Crippen molar-refractivity contribution in [1.29, 1.82) is 0 Å². The second-order valence-electron chi connectivity index (χ2n) is 0.914. The molecule has 0 aromatic carbocycles. The molecule has 0 aliphatic heterocycles. The third-order valence-corrected chi connectivity index (χ3v) is 0.483. The number of rotatable bonds is 0. The van der Waals surface area contributed by atoms with Gasteiger partial charge in [-0.2, -0.15) is 0 Å². The average Bonchev–Trinajstić information content (AvgIpc) is 1.72. The first-order valence-electron chi connectivity index (χ1n) is 1.72. The molecule has 0 fully saturated rings. The van der Waals surface area contributed by atoms with E-state index in [1.165, 1.54) is 0 Å². The molecule has 0 bridgehead atoms. The maximum absolute atomic E-state index is 3.53. The SMILES string of the molecule is [B].b1cccnn1. The Morgan fingerprint density at radius 2 is 2.29 bits per heavy atom. The van der Waals surface area contributed by atoms with Gasteiger partial charge < -0.3 is 0 Å². The van der Waals surface area contributed by atoms with Gasteiger partial charge in [0, 0.05) is 8.41 Å². The predicted octanol–water partition coefficient (Wildman–Crippen LogP) is -0.566. The summed E-state index contributed by atoms with van der Waals surface area (Å²) in [6.07, 6.45) is 1.64. The Labute approximate surface area is 44.8 Å². The van der Waals surface area contributed by atoms with Crippen LogP contribution >= 0.6 is 0 Å². The Morgan fingerprint density at radius 1 is 1.43 bits per heavy atom. The molecule has 0 N–H and O–H groups in total. The summed E-state index contributed by atoms with van der Waals surface area (Å²) in [5.41, 5.74) is 0. The van der Waals surface area contributed by atoms with Gasteiger partial charge in [-0.15, -0.1) is 0 Å². The van der Waals surface area contributed by atoms with E-state index in [0.717, 1.165) is 0 Å². The van der Waals surface area contributed by atoms with Crippen LogP contribution in [0.3, 0.4) is 0 Å². The summed E-state index contributed by atoms with van der Waals surface area (Å²) in [5.74, 6) is 1.83. The van der Waals surface area contributed by atoms with E-state index in [0.29, 0.717) is 0 Å². The van der Waals surface area contributed by atoms with E-state index in [4.69, 9.17) is 0 Å². The summed E-state index contributed by atoms with van der Waals surface area (Å²) < 4.78 is 0. The summed E-state index contributed by atoms with van der Waals surface area (Å²) in [7, 11) is 1.64. The van der Waals surface area contributed by atoms with Crippen LogP contribution < -0.4 is 0 Å². The minimum absolute atomic E-state index is 0.